The number of sulfonamides is 1. The average molecular weight is 506 g/mol. The van der Waals surface area contributed by atoms with Gasteiger partial charge in [0.1, 0.15) is 5.75 Å². The number of carbonyl (C=O) groups is 1. The molecule has 4 aromatic carbocycles. The van der Waals surface area contributed by atoms with Gasteiger partial charge < -0.3 is 9.15 Å². The molecule has 1 amide bonds. The Morgan fingerprint density at radius 3 is 2.26 bits per heavy atom. The van der Waals surface area contributed by atoms with Gasteiger partial charge in [-0.1, -0.05) is 53.3 Å². The van der Waals surface area contributed by atoms with Crippen LogP contribution in [-0.4, -0.2) is 21.4 Å². The predicted octanol–water partition coefficient (Wildman–Crippen LogP) is 5.36. The van der Waals surface area contributed by atoms with Crippen molar-refractivity contribution in [1.82, 2.24) is 0 Å². The summed E-state index contributed by atoms with van der Waals surface area (Å²) in [7, 11) is -2.84. The van der Waals surface area contributed by atoms with Crippen LogP contribution in [0.5, 0.6) is 5.75 Å². The minimum absolute atomic E-state index is 0.0329. The Kier molecular flexibility index (Phi) is 5.66. The van der Waals surface area contributed by atoms with E-state index in [1.54, 1.807) is 48.5 Å². The van der Waals surface area contributed by atoms with Gasteiger partial charge in [0.05, 0.1) is 22.4 Å². The number of methoxy groups -OCH3 is 1. The molecule has 5 aromatic rings. The Labute approximate surface area is 204 Å². The number of ether oxygens (including phenoxy) is 1. The van der Waals surface area contributed by atoms with Crippen molar-refractivity contribution in [1.29, 1.82) is 0 Å². The topological polar surface area (TPSA) is 93.9 Å². The van der Waals surface area contributed by atoms with E-state index in [-0.39, 0.29) is 16.1 Å². The van der Waals surface area contributed by atoms with E-state index in [0.717, 1.165) is 21.2 Å². The van der Waals surface area contributed by atoms with Gasteiger partial charge in [-0.15, -0.1) is 0 Å². The fourth-order valence-electron chi connectivity index (χ4n) is 3.86. The largest absolute Gasteiger partial charge is 0.497 e. The van der Waals surface area contributed by atoms with Crippen LogP contribution in [0.15, 0.2) is 93.0 Å². The molecular formula is C26H19NO6S2. The SMILES string of the molecule is COc1ccc(C(=O)N(c2cc3sc(=O)oc3c3ccccc23)S(=O)(=O)c2ccc(C)cc2)cc1. The normalized spacial score (nSPS) is 11.6. The van der Waals surface area contributed by atoms with Crippen molar-refractivity contribution in [2.45, 2.75) is 11.8 Å². The van der Waals surface area contributed by atoms with Crippen LogP contribution in [-0.2, 0) is 10.0 Å². The Balaban J connectivity index is 1.81. The Hall–Kier alpha value is -3.95. The second-order valence-electron chi connectivity index (χ2n) is 7.84. The number of hydrogen-bond donors (Lipinski definition) is 0. The molecule has 176 valence electrons. The van der Waals surface area contributed by atoms with Gasteiger partial charge in [0.15, 0.2) is 5.58 Å². The zero-order chi connectivity index (χ0) is 24.7. The lowest BCUT2D eigenvalue weighted by atomic mass is 10.1. The van der Waals surface area contributed by atoms with Crippen LogP contribution in [0.25, 0.3) is 21.1 Å². The minimum atomic E-state index is -4.34. The number of nitrogens with zero attached hydrogens (tertiary/aromatic N) is 1. The lowest BCUT2D eigenvalue weighted by Crippen LogP contribution is -2.37. The third-order valence-electron chi connectivity index (χ3n) is 5.62. The van der Waals surface area contributed by atoms with Crippen molar-refractivity contribution in [2.24, 2.45) is 0 Å². The number of carbonyl (C=O) groups excluding carboxylic acids is 1. The van der Waals surface area contributed by atoms with Crippen LogP contribution >= 0.6 is 11.3 Å². The van der Waals surface area contributed by atoms with Crippen LogP contribution in [0.2, 0.25) is 0 Å². The third kappa shape index (κ3) is 3.98. The molecule has 35 heavy (non-hydrogen) atoms. The standard InChI is InChI=1S/C26H19NO6S2/c1-16-7-13-19(14-8-16)35(30,31)27(25(28)17-9-11-18(32-2)12-10-17)22-15-23-24(33-26(29)34-23)21-6-4-3-5-20(21)22/h3-15H,1-2H3. The molecule has 1 aromatic heterocycles. The van der Waals surface area contributed by atoms with Gasteiger partial charge in [-0.2, -0.15) is 4.31 Å². The summed E-state index contributed by atoms with van der Waals surface area (Å²) in [6.07, 6.45) is 0. The molecule has 0 saturated heterocycles. The highest BCUT2D eigenvalue weighted by atomic mass is 32.2. The van der Waals surface area contributed by atoms with Gasteiger partial charge in [-0.3, -0.25) is 4.79 Å². The maximum absolute atomic E-state index is 14.0. The summed E-state index contributed by atoms with van der Waals surface area (Å²) < 4.78 is 39.7. The summed E-state index contributed by atoms with van der Waals surface area (Å²) in [5.74, 6) is -0.210. The summed E-state index contributed by atoms with van der Waals surface area (Å²) in [4.78, 5) is 25.3. The molecule has 7 nitrogen and oxygen atoms in total. The number of rotatable bonds is 5. The van der Waals surface area contributed by atoms with Gasteiger partial charge in [-0.25, -0.2) is 13.2 Å². The number of hydrogen-bond acceptors (Lipinski definition) is 7. The van der Waals surface area contributed by atoms with Crippen molar-refractivity contribution in [3.05, 3.63) is 99.7 Å². The number of anilines is 1. The van der Waals surface area contributed by atoms with Gasteiger partial charge in [-0.05, 0) is 49.4 Å². The first-order valence-corrected chi connectivity index (χ1v) is 12.8. The molecule has 0 radical (unpaired) electrons. The molecule has 1 heterocycles. The van der Waals surface area contributed by atoms with Gasteiger partial charge >= 0.3 is 4.94 Å². The first-order valence-electron chi connectivity index (χ1n) is 10.6. The van der Waals surface area contributed by atoms with E-state index in [1.165, 1.54) is 37.4 Å². The summed E-state index contributed by atoms with van der Waals surface area (Å²) >= 11 is 0.848. The number of amides is 1. The lowest BCUT2D eigenvalue weighted by Gasteiger charge is -2.24. The second-order valence-corrected chi connectivity index (χ2v) is 10.6. The van der Waals surface area contributed by atoms with Crippen LogP contribution in [0, 0.1) is 6.92 Å². The first-order chi connectivity index (χ1) is 16.8. The number of fused-ring (bicyclic) bond motifs is 3. The highest BCUT2D eigenvalue weighted by Gasteiger charge is 2.34. The van der Waals surface area contributed by atoms with E-state index in [4.69, 9.17) is 9.15 Å². The molecule has 9 heteroatoms. The molecule has 0 N–H and O–H groups in total. The van der Waals surface area contributed by atoms with Gasteiger partial charge in [0, 0.05) is 16.3 Å². The molecule has 0 bridgehead atoms. The highest BCUT2D eigenvalue weighted by Crippen LogP contribution is 2.38. The summed E-state index contributed by atoms with van der Waals surface area (Å²) in [5, 5.41) is 0.990. The van der Waals surface area contributed by atoms with Crippen LogP contribution in [0.3, 0.4) is 0 Å². The summed E-state index contributed by atoms with van der Waals surface area (Å²) in [6.45, 7) is 1.85. The minimum Gasteiger partial charge on any atom is -0.497 e. The van der Waals surface area contributed by atoms with Crippen LogP contribution in [0.4, 0.5) is 5.69 Å². The van der Waals surface area contributed by atoms with E-state index in [9.17, 15) is 18.0 Å². The van der Waals surface area contributed by atoms with Crippen molar-refractivity contribution in [3.63, 3.8) is 0 Å². The van der Waals surface area contributed by atoms with Crippen molar-refractivity contribution in [2.75, 3.05) is 11.4 Å². The highest BCUT2D eigenvalue weighted by molar-refractivity contribution is 7.93. The van der Waals surface area contributed by atoms with Gasteiger partial charge in [0.25, 0.3) is 15.9 Å². The molecule has 0 unspecified atom stereocenters. The maximum atomic E-state index is 14.0. The smallest absolute Gasteiger partial charge is 0.396 e. The summed E-state index contributed by atoms with van der Waals surface area (Å²) in [6, 6.07) is 20.9. The molecule has 0 aliphatic heterocycles. The monoisotopic (exact) mass is 505 g/mol. The molecule has 0 aliphatic rings. The molecular weight excluding hydrogens is 486 g/mol. The van der Waals surface area contributed by atoms with Crippen LogP contribution in [0.1, 0.15) is 15.9 Å². The fourth-order valence-corrected chi connectivity index (χ4v) is 6.01. The van der Waals surface area contributed by atoms with E-state index >= 15 is 0 Å². The average Bonchev–Trinajstić information content (AvgIpc) is 3.24. The van der Waals surface area contributed by atoms with Crippen LogP contribution < -0.4 is 14.0 Å². The molecule has 0 aliphatic carbocycles. The van der Waals surface area contributed by atoms with E-state index in [1.807, 2.05) is 6.92 Å². The fraction of sp³-hybridized carbons (Fsp3) is 0.0769. The van der Waals surface area contributed by atoms with Crippen molar-refractivity contribution >= 4 is 54.0 Å². The molecule has 5 rings (SSSR count). The maximum Gasteiger partial charge on any atom is 0.396 e. The second kappa shape index (κ2) is 8.68. The molecule has 0 atom stereocenters. The summed E-state index contributed by atoms with van der Waals surface area (Å²) in [5.41, 5.74) is 1.52. The molecule has 0 fully saturated rings. The van der Waals surface area contributed by atoms with E-state index < -0.39 is 20.9 Å². The van der Waals surface area contributed by atoms with E-state index in [2.05, 4.69) is 0 Å². The first kappa shape index (κ1) is 22.8. The Morgan fingerprint density at radius 1 is 0.943 bits per heavy atom. The number of benzene rings is 4. The Morgan fingerprint density at radius 2 is 1.60 bits per heavy atom. The van der Waals surface area contributed by atoms with Crippen molar-refractivity contribution in [3.8, 4) is 5.75 Å². The quantitative estimate of drug-likeness (QED) is 0.319. The van der Waals surface area contributed by atoms with Gasteiger partial charge in [0.2, 0.25) is 0 Å². The number of aryl methyl sites for hydroxylation is 1. The molecule has 0 spiro atoms. The third-order valence-corrected chi connectivity index (χ3v) is 8.10. The zero-order valence-corrected chi connectivity index (χ0v) is 20.4. The van der Waals surface area contributed by atoms with E-state index in [0.29, 0.717) is 26.8 Å². The van der Waals surface area contributed by atoms with Crippen molar-refractivity contribution < 1.29 is 22.4 Å². The predicted molar refractivity (Wildman–Crippen MR) is 136 cm³/mol. The lowest BCUT2D eigenvalue weighted by molar-refractivity contribution is 0.101. The molecule has 0 saturated carbocycles. The zero-order valence-electron chi connectivity index (χ0n) is 18.7. The Bertz CT molecular complexity index is 1730.